The summed E-state index contributed by atoms with van der Waals surface area (Å²) in [6.07, 6.45) is 2.49. The number of nitrogens with one attached hydrogen (secondary N) is 1. The predicted molar refractivity (Wildman–Crippen MR) is 71.5 cm³/mol. The number of rotatable bonds is 2. The summed E-state index contributed by atoms with van der Waals surface area (Å²) >= 11 is 0. The quantitative estimate of drug-likeness (QED) is 0.900. The van der Waals surface area contributed by atoms with Gasteiger partial charge in [-0.3, -0.25) is 5.32 Å². The largest absolute Gasteiger partial charge is 0.444 e. The lowest BCUT2D eigenvalue weighted by atomic mass is 10.1. The molecule has 0 spiro atoms. The number of fused-ring (bicyclic) bond motifs is 1. The highest BCUT2D eigenvalue weighted by Gasteiger charge is 2.16. The number of nitrogens with zero attached hydrogens (tertiary/aromatic N) is 2. The molecule has 5 nitrogen and oxygen atoms in total. The average Bonchev–Trinajstić information content (AvgIpc) is 2.79. The standard InChI is InChI=1S/C14H15N3O2/c1-3-13-15-9(2)7-17(13)11-4-5-12-10(6-11)8-19-14(18)16-12/h4-7H,3,8H2,1-2H3,(H,16,18). The smallest absolute Gasteiger partial charge is 0.411 e. The van der Waals surface area contributed by atoms with Gasteiger partial charge in [0.25, 0.3) is 0 Å². The Morgan fingerprint density at radius 3 is 3.11 bits per heavy atom. The molecule has 98 valence electrons. The summed E-state index contributed by atoms with van der Waals surface area (Å²) in [6, 6.07) is 5.90. The third-order valence-corrected chi connectivity index (χ3v) is 3.18. The Kier molecular flexibility index (Phi) is 2.74. The molecule has 2 aromatic rings. The van der Waals surface area contributed by atoms with E-state index in [0.29, 0.717) is 6.61 Å². The van der Waals surface area contributed by atoms with E-state index in [1.165, 1.54) is 0 Å². The van der Waals surface area contributed by atoms with Crippen LogP contribution in [0.5, 0.6) is 0 Å². The number of cyclic esters (lactones) is 1. The fourth-order valence-electron chi connectivity index (χ4n) is 2.28. The van der Waals surface area contributed by atoms with Gasteiger partial charge in [0.2, 0.25) is 0 Å². The predicted octanol–water partition coefficient (Wildman–Crippen LogP) is 2.81. The first kappa shape index (κ1) is 11.8. The van der Waals surface area contributed by atoms with Gasteiger partial charge in [0, 0.05) is 23.9 Å². The van der Waals surface area contributed by atoms with Gasteiger partial charge in [-0.25, -0.2) is 9.78 Å². The van der Waals surface area contributed by atoms with Gasteiger partial charge in [-0.15, -0.1) is 0 Å². The fourth-order valence-corrected chi connectivity index (χ4v) is 2.28. The lowest BCUT2D eigenvalue weighted by molar-refractivity contribution is 0.151. The summed E-state index contributed by atoms with van der Waals surface area (Å²) in [4.78, 5) is 15.6. The molecule has 0 fully saturated rings. The maximum Gasteiger partial charge on any atom is 0.411 e. The zero-order valence-electron chi connectivity index (χ0n) is 10.9. The molecule has 5 heteroatoms. The lowest BCUT2D eigenvalue weighted by Gasteiger charge is -2.18. The van der Waals surface area contributed by atoms with Crippen LogP contribution in [-0.4, -0.2) is 15.6 Å². The number of carbonyl (C=O) groups is 1. The first-order chi connectivity index (χ1) is 9.17. The van der Waals surface area contributed by atoms with Gasteiger partial charge in [0.15, 0.2) is 0 Å². The normalized spacial score (nSPS) is 13.7. The highest BCUT2D eigenvalue weighted by Crippen LogP contribution is 2.25. The second-order valence-corrected chi connectivity index (χ2v) is 4.56. The monoisotopic (exact) mass is 257 g/mol. The zero-order valence-corrected chi connectivity index (χ0v) is 10.9. The second kappa shape index (κ2) is 4.42. The first-order valence-electron chi connectivity index (χ1n) is 6.29. The molecule has 1 amide bonds. The van der Waals surface area contributed by atoms with Crippen LogP contribution in [0.4, 0.5) is 10.5 Å². The molecule has 1 aliphatic rings. The number of carbonyl (C=O) groups excluding carboxylic acids is 1. The molecule has 19 heavy (non-hydrogen) atoms. The summed E-state index contributed by atoms with van der Waals surface area (Å²) in [5, 5.41) is 2.69. The first-order valence-corrected chi connectivity index (χ1v) is 6.29. The maximum absolute atomic E-state index is 11.1. The summed E-state index contributed by atoms with van der Waals surface area (Å²) < 4.78 is 7.06. The molecule has 0 saturated heterocycles. The van der Waals surface area contributed by atoms with E-state index in [0.717, 1.165) is 34.9 Å². The van der Waals surface area contributed by atoms with E-state index in [1.807, 2.05) is 31.3 Å². The van der Waals surface area contributed by atoms with Gasteiger partial charge in [-0.1, -0.05) is 6.92 Å². The van der Waals surface area contributed by atoms with E-state index in [1.54, 1.807) is 0 Å². The topological polar surface area (TPSA) is 56.2 Å². The van der Waals surface area contributed by atoms with Crippen molar-refractivity contribution >= 4 is 11.8 Å². The van der Waals surface area contributed by atoms with Crippen LogP contribution in [0.2, 0.25) is 0 Å². The van der Waals surface area contributed by atoms with Gasteiger partial charge < -0.3 is 9.30 Å². The lowest BCUT2D eigenvalue weighted by Crippen LogP contribution is -2.20. The van der Waals surface area contributed by atoms with Crippen molar-refractivity contribution in [3.63, 3.8) is 0 Å². The van der Waals surface area contributed by atoms with Crippen LogP contribution in [0, 0.1) is 6.92 Å². The van der Waals surface area contributed by atoms with Gasteiger partial charge in [-0.2, -0.15) is 0 Å². The number of anilines is 1. The molecule has 0 unspecified atom stereocenters. The average molecular weight is 257 g/mol. The molecule has 0 radical (unpaired) electrons. The van der Waals surface area contributed by atoms with Crippen molar-refractivity contribution in [2.45, 2.75) is 26.9 Å². The molecule has 1 aromatic carbocycles. The van der Waals surface area contributed by atoms with Gasteiger partial charge in [-0.05, 0) is 25.1 Å². The van der Waals surface area contributed by atoms with Crippen LogP contribution < -0.4 is 5.32 Å². The van der Waals surface area contributed by atoms with Crippen molar-refractivity contribution in [3.05, 3.63) is 41.5 Å². The minimum atomic E-state index is -0.395. The van der Waals surface area contributed by atoms with Crippen LogP contribution in [-0.2, 0) is 17.8 Å². The Balaban J connectivity index is 2.04. The van der Waals surface area contributed by atoms with Crippen molar-refractivity contribution < 1.29 is 9.53 Å². The van der Waals surface area contributed by atoms with Crippen molar-refractivity contribution in [1.29, 1.82) is 0 Å². The maximum atomic E-state index is 11.1. The van der Waals surface area contributed by atoms with Crippen molar-refractivity contribution in [2.24, 2.45) is 0 Å². The van der Waals surface area contributed by atoms with Gasteiger partial charge >= 0.3 is 6.09 Å². The summed E-state index contributed by atoms with van der Waals surface area (Å²) in [5.74, 6) is 1.03. The van der Waals surface area contributed by atoms with Gasteiger partial charge in [0.05, 0.1) is 11.4 Å². The number of aryl methyl sites for hydroxylation is 2. The molecular weight excluding hydrogens is 242 g/mol. The molecular formula is C14H15N3O2. The van der Waals surface area contributed by atoms with E-state index in [-0.39, 0.29) is 0 Å². The highest BCUT2D eigenvalue weighted by atomic mass is 16.5. The number of hydrogen-bond acceptors (Lipinski definition) is 3. The fraction of sp³-hybridized carbons (Fsp3) is 0.286. The molecule has 0 saturated carbocycles. The molecule has 3 rings (SSSR count). The number of imidazole rings is 1. The number of amides is 1. The van der Waals surface area contributed by atoms with Crippen LogP contribution in [0.15, 0.2) is 24.4 Å². The van der Waals surface area contributed by atoms with Crippen LogP contribution in [0.3, 0.4) is 0 Å². The highest BCUT2D eigenvalue weighted by molar-refractivity contribution is 5.87. The van der Waals surface area contributed by atoms with E-state index in [4.69, 9.17) is 4.74 Å². The van der Waals surface area contributed by atoms with Crippen molar-refractivity contribution in [3.8, 4) is 5.69 Å². The molecule has 1 N–H and O–H groups in total. The number of aromatic nitrogens is 2. The minimum absolute atomic E-state index is 0.310. The summed E-state index contributed by atoms with van der Waals surface area (Å²) in [5.41, 5.74) is 3.83. The molecule has 1 aromatic heterocycles. The van der Waals surface area contributed by atoms with Crippen LogP contribution in [0.1, 0.15) is 24.0 Å². The van der Waals surface area contributed by atoms with E-state index >= 15 is 0 Å². The van der Waals surface area contributed by atoms with Gasteiger partial charge in [0.1, 0.15) is 12.4 Å². The van der Waals surface area contributed by atoms with Crippen molar-refractivity contribution in [2.75, 3.05) is 5.32 Å². The van der Waals surface area contributed by atoms with Crippen LogP contribution >= 0.6 is 0 Å². The molecule has 0 atom stereocenters. The summed E-state index contributed by atoms with van der Waals surface area (Å²) in [6.45, 7) is 4.38. The van der Waals surface area contributed by atoms with E-state index in [9.17, 15) is 4.79 Å². The minimum Gasteiger partial charge on any atom is -0.444 e. The zero-order chi connectivity index (χ0) is 13.4. The van der Waals surface area contributed by atoms with E-state index in [2.05, 4.69) is 21.8 Å². The number of benzene rings is 1. The van der Waals surface area contributed by atoms with E-state index < -0.39 is 6.09 Å². The van der Waals surface area contributed by atoms with Crippen LogP contribution in [0.25, 0.3) is 5.69 Å². The number of ether oxygens (including phenoxy) is 1. The number of hydrogen-bond donors (Lipinski definition) is 1. The molecule has 0 aliphatic carbocycles. The SMILES string of the molecule is CCc1nc(C)cn1-c1ccc2c(c1)COC(=O)N2. The Labute approximate surface area is 111 Å². The Morgan fingerprint density at radius 1 is 1.47 bits per heavy atom. The Bertz CT molecular complexity index is 646. The third-order valence-electron chi connectivity index (χ3n) is 3.18. The third kappa shape index (κ3) is 2.07. The second-order valence-electron chi connectivity index (χ2n) is 4.56. The molecule has 0 bridgehead atoms. The molecule has 2 heterocycles. The van der Waals surface area contributed by atoms with Crippen molar-refractivity contribution in [1.82, 2.24) is 9.55 Å². The summed E-state index contributed by atoms with van der Waals surface area (Å²) in [7, 11) is 0. The Morgan fingerprint density at radius 2 is 2.32 bits per heavy atom. The molecule has 1 aliphatic heterocycles. The Hall–Kier alpha value is -2.30.